The Morgan fingerprint density at radius 3 is 3.19 bits per heavy atom. The van der Waals surface area contributed by atoms with E-state index >= 15 is 0 Å². The summed E-state index contributed by atoms with van der Waals surface area (Å²) in [4.78, 5) is 22.9. The maximum atomic E-state index is 10.6. The van der Waals surface area contributed by atoms with Crippen LogP contribution >= 0.6 is 27.3 Å². The highest BCUT2D eigenvalue weighted by Gasteiger charge is 2.48. The summed E-state index contributed by atoms with van der Waals surface area (Å²) < 4.78 is 1.09. The molecule has 1 aromatic heterocycles. The normalized spacial score (nSPS) is 29.9. The number of carbonyl (C=O) groups is 1. The lowest BCUT2D eigenvalue weighted by molar-refractivity contribution is 0.301. The van der Waals surface area contributed by atoms with Gasteiger partial charge in [-0.05, 0) is 35.3 Å². The van der Waals surface area contributed by atoms with Crippen LogP contribution in [0.15, 0.2) is 25.8 Å². The van der Waals surface area contributed by atoms with E-state index in [0.717, 1.165) is 29.5 Å². The number of fused-ring (bicyclic) bond motifs is 1. The molecule has 1 aromatic rings. The minimum Gasteiger partial charge on any atom is -0.346 e. The Kier molecular flexibility index (Phi) is 3.92. The van der Waals surface area contributed by atoms with Crippen molar-refractivity contribution < 1.29 is 4.79 Å². The summed E-state index contributed by atoms with van der Waals surface area (Å²) in [5, 5.41) is 5.63. The number of hydrogen-bond donors (Lipinski definition) is 1. The predicted octanol–water partition coefficient (Wildman–Crippen LogP) is 1.58. The third kappa shape index (κ3) is 2.44. The van der Waals surface area contributed by atoms with Crippen LogP contribution in [0.25, 0.3) is 0 Å². The summed E-state index contributed by atoms with van der Waals surface area (Å²) in [5.74, 6) is 2.10. The van der Waals surface area contributed by atoms with Gasteiger partial charge >= 0.3 is 7.41 Å². The first-order valence-electron chi connectivity index (χ1n) is 6.85. The monoisotopic (exact) mass is 366 g/mol. The molecule has 1 N–H and O–H groups in total. The van der Waals surface area contributed by atoms with Gasteiger partial charge < -0.3 is 19.9 Å². The number of guanidine groups is 1. The molecule has 2 aliphatic heterocycles. The highest BCUT2D eigenvalue weighted by Crippen LogP contribution is 2.42. The van der Waals surface area contributed by atoms with E-state index in [-0.39, 0.29) is 13.0 Å². The second kappa shape index (κ2) is 5.57. The van der Waals surface area contributed by atoms with Gasteiger partial charge in [-0.3, -0.25) is 4.99 Å². The fourth-order valence-corrected chi connectivity index (χ4v) is 4.64. The van der Waals surface area contributed by atoms with Crippen molar-refractivity contribution in [2.24, 2.45) is 15.8 Å². The first-order chi connectivity index (χ1) is 10.1. The van der Waals surface area contributed by atoms with Crippen molar-refractivity contribution in [2.45, 2.75) is 18.9 Å². The van der Waals surface area contributed by atoms with Crippen LogP contribution in [0.5, 0.6) is 0 Å². The highest BCUT2D eigenvalue weighted by molar-refractivity contribution is 9.10. The smallest absolute Gasteiger partial charge is 0.338 e. The van der Waals surface area contributed by atoms with Crippen molar-refractivity contribution in [3.05, 3.63) is 20.8 Å². The van der Waals surface area contributed by atoms with Crippen LogP contribution in [0.3, 0.4) is 0 Å². The van der Waals surface area contributed by atoms with E-state index in [1.54, 1.807) is 11.3 Å². The minimum absolute atomic E-state index is 0.162. The molecular weight excluding hydrogens is 351 g/mol. The lowest BCUT2D eigenvalue weighted by atomic mass is 9.80. The number of thiophene rings is 1. The molecule has 0 spiro atoms. The van der Waals surface area contributed by atoms with Crippen LogP contribution in [-0.2, 0) is 10.3 Å². The number of halogens is 1. The standard InChI is InChI=1S/C13H16BBrN4OS/c1-13(10-5-8(15)6-21-10)9-3-4-16-11(9)19(2)12(17-13)18-14-7-20/h5-7,9,14H,3-4H2,1-2H3,(H,17,18)/t9?,13-/m0/s1. The Hall–Kier alpha value is -1.15. The van der Waals surface area contributed by atoms with Crippen molar-refractivity contribution in [3.8, 4) is 0 Å². The first kappa shape index (κ1) is 14.8. The maximum absolute atomic E-state index is 10.6. The number of nitrogens with zero attached hydrogens (tertiary/aromatic N) is 3. The molecule has 1 unspecified atom stereocenters. The number of aliphatic imine (C=N–C) groups is 1. The molecule has 0 bridgehead atoms. The quantitative estimate of drug-likeness (QED) is 0.652. The van der Waals surface area contributed by atoms with E-state index in [2.05, 4.69) is 49.5 Å². The molecule has 0 amide bonds. The Labute approximate surface area is 136 Å². The van der Waals surface area contributed by atoms with Gasteiger partial charge in [-0.15, -0.1) is 11.3 Å². The second-order valence-corrected chi connectivity index (χ2v) is 7.25. The first-order valence-corrected chi connectivity index (χ1v) is 8.52. The van der Waals surface area contributed by atoms with Gasteiger partial charge in [-0.25, -0.2) is 0 Å². The predicted molar refractivity (Wildman–Crippen MR) is 92.0 cm³/mol. The molecule has 3 heterocycles. The Bertz CT molecular complexity index is 631. The number of carbonyl (C=O) groups excluding carboxylic acids is 1. The summed E-state index contributed by atoms with van der Waals surface area (Å²) in [6, 6.07) is 2.15. The zero-order chi connectivity index (χ0) is 15.0. The number of amidine groups is 1. The zero-order valence-electron chi connectivity index (χ0n) is 12.0. The number of nitrogens with one attached hydrogen (secondary N) is 1. The van der Waals surface area contributed by atoms with Crippen LogP contribution in [0.4, 0.5) is 0 Å². The average molecular weight is 367 g/mol. The molecule has 1 saturated heterocycles. The fraction of sp³-hybridized carbons (Fsp3) is 0.462. The van der Waals surface area contributed by atoms with Crippen LogP contribution in [0.1, 0.15) is 18.2 Å². The van der Waals surface area contributed by atoms with E-state index in [9.17, 15) is 4.79 Å². The van der Waals surface area contributed by atoms with E-state index in [4.69, 9.17) is 0 Å². The Balaban J connectivity index is 2.03. The van der Waals surface area contributed by atoms with E-state index in [1.165, 1.54) is 4.88 Å². The molecule has 3 rings (SSSR count). The van der Waals surface area contributed by atoms with E-state index in [1.807, 2.05) is 11.9 Å². The SMILES string of the molecule is CN1C2=NCCC2[C@@](C)(c2cc(Br)cs2)N/C1=N\BC=O. The van der Waals surface area contributed by atoms with Crippen LogP contribution < -0.4 is 5.32 Å². The molecule has 0 aromatic carbocycles. The molecule has 110 valence electrons. The third-order valence-electron chi connectivity index (χ3n) is 4.13. The average Bonchev–Trinajstić information content (AvgIpc) is 3.10. The molecule has 0 saturated carbocycles. The van der Waals surface area contributed by atoms with Gasteiger partial charge in [0.1, 0.15) is 12.0 Å². The van der Waals surface area contributed by atoms with Crippen LogP contribution in [0.2, 0.25) is 0 Å². The summed E-state index contributed by atoms with van der Waals surface area (Å²) in [6.07, 6.45) is 1.84. The number of rotatable bonds is 3. The van der Waals surface area contributed by atoms with Gasteiger partial charge in [0.25, 0.3) is 0 Å². The van der Waals surface area contributed by atoms with Gasteiger partial charge in [0.05, 0.1) is 5.54 Å². The summed E-state index contributed by atoms with van der Waals surface area (Å²) in [7, 11) is 2.12. The van der Waals surface area contributed by atoms with Crippen molar-refractivity contribution in [1.29, 1.82) is 0 Å². The zero-order valence-corrected chi connectivity index (χ0v) is 14.4. The van der Waals surface area contributed by atoms with Gasteiger partial charge in [0.2, 0.25) is 0 Å². The number of hydrogen-bond acceptors (Lipinski definition) is 4. The Morgan fingerprint density at radius 2 is 2.52 bits per heavy atom. The highest BCUT2D eigenvalue weighted by atomic mass is 79.9. The molecule has 0 radical (unpaired) electrons. The lowest BCUT2D eigenvalue weighted by Crippen LogP contribution is -2.63. The molecule has 2 aliphatic rings. The van der Waals surface area contributed by atoms with E-state index in [0.29, 0.717) is 11.9 Å². The molecular formula is C13H16BBrN4OS. The molecule has 8 heteroatoms. The minimum atomic E-state index is -0.236. The van der Waals surface area contributed by atoms with Crippen molar-refractivity contribution in [2.75, 3.05) is 13.6 Å². The van der Waals surface area contributed by atoms with Crippen molar-refractivity contribution in [1.82, 2.24) is 10.2 Å². The van der Waals surface area contributed by atoms with Crippen molar-refractivity contribution in [3.63, 3.8) is 0 Å². The van der Waals surface area contributed by atoms with E-state index < -0.39 is 0 Å². The molecule has 1 fully saturated rings. The molecule has 5 nitrogen and oxygen atoms in total. The van der Waals surface area contributed by atoms with Gasteiger partial charge in [0, 0.05) is 34.2 Å². The molecule has 0 aliphatic carbocycles. The fourth-order valence-electron chi connectivity index (χ4n) is 3.03. The summed E-state index contributed by atoms with van der Waals surface area (Å²) in [6.45, 7) is 3.04. The van der Waals surface area contributed by atoms with Gasteiger partial charge in [0.15, 0.2) is 5.96 Å². The molecule has 21 heavy (non-hydrogen) atoms. The maximum Gasteiger partial charge on any atom is 0.338 e. The second-order valence-electron chi connectivity index (χ2n) is 5.43. The lowest BCUT2D eigenvalue weighted by Gasteiger charge is -2.45. The Morgan fingerprint density at radius 1 is 1.71 bits per heavy atom. The van der Waals surface area contributed by atoms with Gasteiger partial charge in [-0.2, -0.15) is 0 Å². The van der Waals surface area contributed by atoms with Crippen LogP contribution in [-0.4, -0.2) is 43.9 Å². The largest absolute Gasteiger partial charge is 0.346 e. The van der Waals surface area contributed by atoms with Gasteiger partial charge in [-0.1, -0.05) is 0 Å². The summed E-state index contributed by atoms with van der Waals surface area (Å²) in [5.41, 5.74) is -0.236. The molecule has 2 atom stereocenters. The summed E-state index contributed by atoms with van der Waals surface area (Å²) >= 11 is 5.25. The third-order valence-corrected chi connectivity index (χ3v) is 6.06. The van der Waals surface area contributed by atoms with Crippen LogP contribution in [0, 0.1) is 5.92 Å². The topological polar surface area (TPSA) is 57.1 Å². The van der Waals surface area contributed by atoms with Crippen molar-refractivity contribution >= 4 is 52.7 Å².